The van der Waals surface area contributed by atoms with Crippen molar-refractivity contribution in [2.45, 2.75) is 17.2 Å². The Balaban J connectivity index is 1.18. The number of thioether (sulfide) groups is 1. The molecule has 0 aromatic heterocycles. The highest BCUT2D eigenvalue weighted by atomic mass is 35.5. The standard InChI is InChI=1S/C27H30ClN3O3S2/c28-26-9-5-4-6-24(26)21-35-19-14-29-27(32)23-12-10-22(11-13-23)20-30-15-17-31(18-16-30)36(33,34)25-7-2-1-3-8-25/h1-13H,14-21H2,(H,29,32). The van der Waals surface area contributed by atoms with Gasteiger partial charge in [-0.2, -0.15) is 16.1 Å². The third-order valence-corrected chi connectivity index (χ3v) is 9.37. The van der Waals surface area contributed by atoms with Crippen molar-refractivity contribution >= 4 is 39.3 Å². The van der Waals surface area contributed by atoms with Gasteiger partial charge in [-0.05, 0) is 41.5 Å². The van der Waals surface area contributed by atoms with Crippen LogP contribution in [0.15, 0.2) is 83.8 Å². The van der Waals surface area contributed by atoms with Crippen LogP contribution in [-0.4, -0.2) is 62.0 Å². The molecule has 1 N–H and O–H groups in total. The second-order valence-corrected chi connectivity index (χ2v) is 12.0. The van der Waals surface area contributed by atoms with E-state index in [-0.39, 0.29) is 5.91 Å². The summed E-state index contributed by atoms with van der Waals surface area (Å²) in [7, 11) is -3.45. The molecular weight excluding hydrogens is 514 g/mol. The molecule has 0 atom stereocenters. The highest BCUT2D eigenvalue weighted by Crippen LogP contribution is 2.21. The molecule has 3 aromatic rings. The van der Waals surface area contributed by atoms with Gasteiger partial charge in [0.1, 0.15) is 0 Å². The Morgan fingerprint density at radius 3 is 2.25 bits per heavy atom. The minimum atomic E-state index is -3.45. The van der Waals surface area contributed by atoms with Gasteiger partial charge < -0.3 is 5.32 Å². The molecule has 1 fully saturated rings. The zero-order chi connectivity index (χ0) is 25.4. The molecule has 0 unspecified atom stereocenters. The fourth-order valence-electron chi connectivity index (χ4n) is 4.03. The van der Waals surface area contributed by atoms with E-state index in [0.717, 1.165) is 34.2 Å². The number of rotatable bonds is 10. The third-order valence-electron chi connectivity index (χ3n) is 6.08. The van der Waals surface area contributed by atoms with Gasteiger partial charge in [-0.15, -0.1) is 0 Å². The van der Waals surface area contributed by atoms with E-state index in [4.69, 9.17) is 11.6 Å². The summed E-state index contributed by atoms with van der Waals surface area (Å²) < 4.78 is 27.2. The van der Waals surface area contributed by atoms with Crippen molar-refractivity contribution in [2.75, 3.05) is 38.5 Å². The van der Waals surface area contributed by atoms with Crippen LogP contribution < -0.4 is 5.32 Å². The van der Waals surface area contributed by atoms with Crippen LogP contribution in [0.1, 0.15) is 21.5 Å². The van der Waals surface area contributed by atoms with Crippen molar-refractivity contribution in [3.8, 4) is 0 Å². The van der Waals surface area contributed by atoms with Crippen molar-refractivity contribution in [1.82, 2.24) is 14.5 Å². The van der Waals surface area contributed by atoms with Crippen LogP contribution in [0.5, 0.6) is 0 Å². The van der Waals surface area contributed by atoms with Gasteiger partial charge >= 0.3 is 0 Å². The van der Waals surface area contributed by atoms with E-state index in [2.05, 4.69) is 10.2 Å². The number of amides is 1. The zero-order valence-electron chi connectivity index (χ0n) is 20.0. The van der Waals surface area contributed by atoms with Gasteiger partial charge in [-0.25, -0.2) is 8.42 Å². The maximum atomic E-state index is 12.8. The minimum absolute atomic E-state index is 0.0837. The Bertz CT molecular complexity index is 1250. The van der Waals surface area contributed by atoms with Crippen LogP contribution in [-0.2, 0) is 22.3 Å². The predicted octanol–water partition coefficient (Wildman–Crippen LogP) is 4.51. The maximum Gasteiger partial charge on any atom is 0.251 e. The van der Waals surface area contributed by atoms with Gasteiger partial charge in [0.05, 0.1) is 4.90 Å². The highest BCUT2D eigenvalue weighted by Gasteiger charge is 2.28. The smallest absolute Gasteiger partial charge is 0.251 e. The normalized spacial score (nSPS) is 15.0. The van der Waals surface area contributed by atoms with Crippen LogP contribution in [0, 0.1) is 0 Å². The first-order valence-electron chi connectivity index (χ1n) is 11.9. The van der Waals surface area contributed by atoms with Gasteiger partial charge in [0.15, 0.2) is 0 Å². The van der Waals surface area contributed by atoms with E-state index >= 15 is 0 Å². The molecule has 1 aliphatic heterocycles. The van der Waals surface area contributed by atoms with Crippen molar-refractivity contribution in [1.29, 1.82) is 0 Å². The Morgan fingerprint density at radius 1 is 0.889 bits per heavy atom. The minimum Gasteiger partial charge on any atom is -0.351 e. The summed E-state index contributed by atoms with van der Waals surface area (Å²) in [5.74, 6) is 1.54. The topological polar surface area (TPSA) is 69.7 Å². The quantitative estimate of drug-likeness (QED) is 0.381. The molecule has 6 nitrogen and oxygen atoms in total. The highest BCUT2D eigenvalue weighted by molar-refractivity contribution is 7.98. The lowest BCUT2D eigenvalue weighted by atomic mass is 10.1. The molecule has 0 spiro atoms. The molecule has 0 aliphatic carbocycles. The zero-order valence-corrected chi connectivity index (χ0v) is 22.4. The molecule has 1 saturated heterocycles. The summed E-state index contributed by atoms with van der Waals surface area (Å²) in [6.45, 7) is 3.57. The summed E-state index contributed by atoms with van der Waals surface area (Å²) in [5, 5.41) is 3.74. The summed E-state index contributed by atoms with van der Waals surface area (Å²) in [6.07, 6.45) is 0. The second-order valence-electron chi connectivity index (χ2n) is 8.59. The fraction of sp³-hybridized carbons (Fsp3) is 0.296. The van der Waals surface area contributed by atoms with Gasteiger partial charge in [0.25, 0.3) is 5.91 Å². The van der Waals surface area contributed by atoms with Gasteiger partial charge in [0.2, 0.25) is 10.0 Å². The molecule has 0 bridgehead atoms. The number of carbonyl (C=O) groups is 1. The average molecular weight is 544 g/mol. The lowest BCUT2D eigenvalue weighted by molar-refractivity contribution is 0.0956. The van der Waals surface area contributed by atoms with E-state index in [1.54, 1.807) is 40.3 Å². The number of benzene rings is 3. The largest absolute Gasteiger partial charge is 0.351 e. The average Bonchev–Trinajstić information content (AvgIpc) is 2.90. The first-order chi connectivity index (χ1) is 17.4. The number of piperazine rings is 1. The molecule has 190 valence electrons. The molecule has 3 aromatic carbocycles. The lowest BCUT2D eigenvalue weighted by Crippen LogP contribution is -2.48. The van der Waals surface area contributed by atoms with Crippen LogP contribution in [0.2, 0.25) is 5.02 Å². The molecule has 1 aliphatic rings. The van der Waals surface area contributed by atoms with Crippen molar-refractivity contribution in [3.05, 3.63) is 101 Å². The van der Waals surface area contributed by atoms with Crippen molar-refractivity contribution in [3.63, 3.8) is 0 Å². The van der Waals surface area contributed by atoms with Gasteiger partial charge in [-0.1, -0.05) is 60.1 Å². The van der Waals surface area contributed by atoms with Crippen molar-refractivity contribution < 1.29 is 13.2 Å². The van der Waals surface area contributed by atoms with Crippen LogP contribution in [0.3, 0.4) is 0 Å². The fourth-order valence-corrected chi connectivity index (χ4v) is 6.61. The third kappa shape index (κ3) is 7.11. The Morgan fingerprint density at radius 2 is 1.56 bits per heavy atom. The molecule has 36 heavy (non-hydrogen) atoms. The van der Waals surface area contributed by atoms with Gasteiger partial charge in [-0.3, -0.25) is 9.69 Å². The monoisotopic (exact) mass is 543 g/mol. The SMILES string of the molecule is O=C(NCCSCc1ccccc1Cl)c1ccc(CN2CCN(S(=O)(=O)c3ccccc3)CC2)cc1. The van der Waals surface area contributed by atoms with Crippen LogP contribution >= 0.6 is 23.4 Å². The maximum absolute atomic E-state index is 12.8. The molecule has 0 radical (unpaired) electrons. The molecule has 4 rings (SSSR count). The second kappa shape index (κ2) is 12.7. The molecular formula is C27H30ClN3O3S2. The first-order valence-corrected chi connectivity index (χ1v) is 14.9. The predicted molar refractivity (Wildman–Crippen MR) is 147 cm³/mol. The Hall–Kier alpha value is -2.36. The summed E-state index contributed by atoms with van der Waals surface area (Å²) in [4.78, 5) is 15.0. The number of nitrogens with zero attached hydrogens (tertiary/aromatic N) is 2. The molecule has 0 saturated carbocycles. The first kappa shape index (κ1) is 26.7. The number of sulfonamides is 1. The number of hydrogen-bond donors (Lipinski definition) is 1. The van der Waals surface area contributed by atoms with Crippen LogP contribution in [0.4, 0.5) is 0 Å². The van der Waals surface area contributed by atoms with E-state index < -0.39 is 10.0 Å². The number of halogens is 1. The van der Waals surface area contributed by atoms with Crippen molar-refractivity contribution in [2.24, 2.45) is 0 Å². The van der Waals surface area contributed by atoms with E-state index in [0.29, 0.717) is 43.2 Å². The van der Waals surface area contributed by atoms with E-state index in [1.165, 1.54) is 0 Å². The Kier molecular flexibility index (Phi) is 9.45. The molecule has 9 heteroatoms. The van der Waals surface area contributed by atoms with E-state index in [9.17, 15) is 13.2 Å². The number of hydrogen-bond acceptors (Lipinski definition) is 5. The van der Waals surface area contributed by atoms with Gasteiger partial charge in [0, 0.05) is 61.4 Å². The lowest BCUT2D eigenvalue weighted by Gasteiger charge is -2.34. The molecule has 1 heterocycles. The summed E-state index contributed by atoms with van der Waals surface area (Å²) in [6, 6.07) is 24.0. The summed E-state index contributed by atoms with van der Waals surface area (Å²) in [5.41, 5.74) is 2.83. The molecule has 1 amide bonds. The number of nitrogens with one attached hydrogen (secondary N) is 1. The number of carbonyl (C=O) groups excluding carboxylic acids is 1. The Labute approximate surface area is 222 Å². The van der Waals surface area contributed by atoms with Crippen LogP contribution in [0.25, 0.3) is 0 Å². The van der Waals surface area contributed by atoms with E-state index in [1.807, 2.05) is 54.6 Å². The summed E-state index contributed by atoms with van der Waals surface area (Å²) >= 11 is 7.91.